The summed E-state index contributed by atoms with van der Waals surface area (Å²) in [5.41, 5.74) is 5.62. The molecule has 1 atom stereocenters. The van der Waals surface area contributed by atoms with Gasteiger partial charge in [0, 0.05) is 11.4 Å². The van der Waals surface area contributed by atoms with E-state index in [0.717, 1.165) is 29.9 Å². The Morgan fingerprint density at radius 3 is 2.72 bits per heavy atom. The van der Waals surface area contributed by atoms with Crippen molar-refractivity contribution in [2.75, 3.05) is 20.1 Å². The van der Waals surface area contributed by atoms with Crippen molar-refractivity contribution in [3.63, 3.8) is 0 Å². The van der Waals surface area contributed by atoms with Gasteiger partial charge in [0.1, 0.15) is 0 Å². The molecule has 0 spiro atoms. The van der Waals surface area contributed by atoms with Crippen LogP contribution in [0, 0.1) is 5.92 Å². The molecule has 1 aromatic heterocycles. The molecule has 0 saturated carbocycles. The smallest absolute Gasteiger partial charge is 0.0931 e. The lowest BCUT2D eigenvalue weighted by Crippen LogP contribution is -2.19. The van der Waals surface area contributed by atoms with E-state index >= 15 is 0 Å². The molecule has 1 heterocycles. The molecule has 104 valence electrons. The minimum absolute atomic E-state index is 0.805. The summed E-state index contributed by atoms with van der Waals surface area (Å²) in [6.07, 6.45) is 4.97. The van der Waals surface area contributed by atoms with Gasteiger partial charge in [-0.15, -0.1) is 11.3 Å². The molecule has 0 radical (unpaired) electrons. The van der Waals surface area contributed by atoms with Crippen LogP contribution in [0.25, 0.3) is 0 Å². The van der Waals surface area contributed by atoms with Gasteiger partial charge in [0.25, 0.3) is 0 Å². The fourth-order valence-electron chi connectivity index (χ4n) is 2.22. The third kappa shape index (κ3) is 6.19. The van der Waals surface area contributed by atoms with Crippen LogP contribution in [0.4, 0.5) is 0 Å². The van der Waals surface area contributed by atoms with Gasteiger partial charge in [-0.05, 0) is 57.5 Å². The molecule has 1 aromatic rings. The second kappa shape index (κ2) is 8.92. The van der Waals surface area contributed by atoms with E-state index < -0.39 is 0 Å². The molecule has 4 heteroatoms. The van der Waals surface area contributed by atoms with Crippen LogP contribution in [0.5, 0.6) is 0 Å². The summed E-state index contributed by atoms with van der Waals surface area (Å²) in [6.45, 7) is 5.24. The zero-order valence-corrected chi connectivity index (χ0v) is 13.1. The minimum Gasteiger partial charge on any atom is -0.330 e. The first-order valence-corrected chi connectivity index (χ1v) is 7.98. The van der Waals surface area contributed by atoms with Gasteiger partial charge < -0.3 is 10.6 Å². The van der Waals surface area contributed by atoms with Crippen LogP contribution in [-0.2, 0) is 6.54 Å². The van der Waals surface area contributed by atoms with Gasteiger partial charge >= 0.3 is 0 Å². The van der Waals surface area contributed by atoms with Gasteiger partial charge in [0.15, 0.2) is 0 Å². The Balaban J connectivity index is 2.18. The van der Waals surface area contributed by atoms with Gasteiger partial charge in [0.05, 0.1) is 4.34 Å². The van der Waals surface area contributed by atoms with Crippen LogP contribution in [0.2, 0.25) is 4.34 Å². The molecule has 2 nitrogen and oxygen atoms in total. The molecular weight excluding hydrogens is 264 g/mol. The molecule has 0 fully saturated rings. The Bertz CT molecular complexity index is 327. The Morgan fingerprint density at radius 2 is 2.17 bits per heavy atom. The van der Waals surface area contributed by atoms with E-state index in [0.29, 0.717) is 0 Å². The normalized spacial score (nSPS) is 13.2. The van der Waals surface area contributed by atoms with Gasteiger partial charge in [-0.25, -0.2) is 0 Å². The number of nitrogens with zero attached hydrogens (tertiary/aromatic N) is 1. The number of rotatable bonds is 9. The highest BCUT2D eigenvalue weighted by Crippen LogP contribution is 2.22. The molecule has 0 aliphatic heterocycles. The number of hydrogen-bond acceptors (Lipinski definition) is 3. The molecule has 1 unspecified atom stereocenters. The first kappa shape index (κ1) is 16.0. The molecule has 0 aromatic carbocycles. The molecule has 0 amide bonds. The van der Waals surface area contributed by atoms with Crippen molar-refractivity contribution in [1.82, 2.24) is 4.90 Å². The topological polar surface area (TPSA) is 29.3 Å². The van der Waals surface area contributed by atoms with Crippen LogP contribution in [0.15, 0.2) is 12.1 Å². The zero-order chi connectivity index (χ0) is 13.4. The third-order valence-electron chi connectivity index (χ3n) is 3.36. The average molecular weight is 289 g/mol. The number of halogens is 1. The maximum atomic E-state index is 5.93. The predicted octanol–water partition coefficient (Wildman–Crippen LogP) is 3.99. The van der Waals surface area contributed by atoms with Gasteiger partial charge in [-0.1, -0.05) is 24.9 Å². The second-order valence-corrected chi connectivity index (χ2v) is 6.74. The predicted molar refractivity (Wildman–Crippen MR) is 82.3 cm³/mol. The maximum Gasteiger partial charge on any atom is 0.0931 e. The molecule has 0 aliphatic carbocycles. The molecule has 2 N–H and O–H groups in total. The van der Waals surface area contributed by atoms with E-state index in [4.69, 9.17) is 17.3 Å². The Morgan fingerprint density at radius 1 is 1.39 bits per heavy atom. The van der Waals surface area contributed by atoms with E-state index in [1.807, 2.05) is 6.07 Å². The standard InChI is InChI=1S/C14H25ClN2S/c1-3-12(8-9-16)5-4-10-17(2)11-13-6-7-14(15)18-13/h6-7,12H,3-5,8-11,16H2,1-2H3. The van der Waals surface area contributed by atoms with E-state index in [1.165, 1.54) is 30.6 Å². The minimum atomic E-state index is 0.805. The van der Waals surface area contributed by atoms with Gasteiger partial charge in [0.2, 0.25) is 0 Å². The summed E-state index contributed by atoms with van der Waals surface area (Å²) in [5.74, 6) is 0.805. The van der Waals surface area contributed by atoms with Crippen molar-refractivity contribution in [2.24, 2.45) is 11.7 Å². The first-order valence-electron chi connectivity index (χ1n) is 6.78. The molecular formula is C14H25ClN2S. The summed E-state index contributed by atoms with van der Waals surface area (Å²) in [5, 5.41) is 0. The van der Waals surface area contributed by atoms with Crippen molar-refractivity contribution < 1.29 is 0 Å². The van der Waals surface area contributed by atoms with Crippen molar-refractivity contribution in [3.8, 4) is 0 Å². The van der Waals surface area contributed by atoms with Crippen LogP contribution < -0.4 is 5.73 Å². The fraction of sp³-hybridized carbons (Fsp3) is 0.714. The molecule has 0 aliphatic rings. The van der Waals surface area contributed by atoms with Crippen molar-refractivity contribution in [2.45, 2.75) is 39.2 Å². The van der Waals surface area contributed by atoms with E-state index in [1.54, 1.807) is 11.3 Å². The quantitative estimate of drug-likeness (QED) is 0.744. The Hall–Kier alpha value is -0.0900. The number of hydrogen-bond donors (Lipinski definition) is 1. The van der Waals surface area contributed by atoms with Crippen molar-refractivity contribution in [3.05, 3.63) is 21.3 Å². The maximum absolute atomic E-state index is 5.93. The third-order valence-corrected chi connectivity index (χ3v) is 4.57. The fourth-order valence-corrected chi connectivity index (χ4v) is 3.39. The zero-order valence-electron chi connectivity index (χ0n) is 11.5. The lowest BCUT2D eigenvalue weighted by Gasteiger charge is -2.18. The Labute approximate surface area is 120 Å². The average Bonchev–Trinajstić information content (AvgIpc) is 2.73. The van der Waals surface area contributed by atoms with Crippen LogP contribution in [0.3, 0.4) is 0 Å². The summed E-state index contributed by atoms with van der Waals surface area (Å²) in [6, 6.07) is 4.09. The van der Waals surface area contributed by atoms with Crippen molar-refractivity contribution >= 4 is 22.9 Å². The van der Waals surface area contributed by atoms with Crippen molar-refractivity contribution in [1.29, 1.82) is 0 Å². The number of nitrogens with two attached hydrogens (primary N) is 1. The second-order valence-electron chi connectivity index (χ2n) is 4.94. The largest absolute Gasteiger partial charge is 0.330 e. The molecule has 0 bridgehead atoms. The monoisotopic (exact) mass is 288 g/mol. The van der Waals surface area contributed by atoms with E-state index in [2.05, 4.69) is 24.9 Å². The van der Waals surface area contributed by atoms with E-state index in [9.17, 15) is 0 Å². The summed E-state index contributed by atoms with van der Waals surface area (Å²) >= 11 is 7.61. The van der Waals surface area contributed by atoms with Crippen LogP contribution in [0.1, 0.15) is 37.5 Å². The van der Waals surface area contributed by atoms with Gasteiger partial charge in [-0.2, -0.15) is 0 Å². The highest BCUT2D eigenvalue weighted by Gasteiger charge is 2.07. The Kier molecular flexibility index (Phi) is 7.91. The first-order chi connectivity index (χ1) is 8.65. The van der Waals surface area contributed by atoms with Crippen LogP contribution in [-0.4, -0.2) is 25.0 Å². The highest BCUT2D eigenvalue weighted by molar-refractivity contribution is 7.16. The highest BCUT2D eigenvalue weighted by atomic mass is 35.5. The summed E-state index contributed by atoms with van der Waals surface area (Å²) in [7, 11) is 2.18. The van der Waals surface area contributed by atoms with E-state index in [-0.39, 0.29) is 0 Å². The molecule has 0 saturated heterocycles. The van der Waals surface area contributed by atoms with Crippen LogP contribution >= 0.6 is 22.9 Å². The lowest BCUT2D eigenvalue weighted by molar-refractivity contribution is 0.302. The van der Waals surface area contributed by atoms with Gasteiger partial charge in [-0.3, -0.25) is 0 Å². The molecule has 1 rings (SSSR count). The summed E-state index contributed by atoms with van der Waals surface area (Å²) < 4.78 is 0.882. The SMILES string of the molecule is CCC(CCN)CCCN(C)Cc1ccc(Cl)s1. The molecule has 18 heavy (non-hydrogen) atoms. The lowest BCUT2D eigenvalue weighted by atomic mass is 9.97. The number of thiophene rings is 1. The summed E-state index contributed by atoms with van der Waals surface area (Å²) in [4.78, 5) is 3.72.